The van der Waals surface area contributed by atoms with Crippen molar-refractivity contribution in [2.75, 3.05) is 31.6 Å². The molecule has 0 spiro atoms. The van der Waals surface area contributed by atoms with Crippen molar-refractivity contribution < 1.29 is 22.7 Å². The summed E-state index contributed by atoms with van der Waals surface area (Å²) in [6.07, 6.45) is 2.55. The van der Waals surface area contributed by atoms with Crippen LogP contribution in [0.3, 0.4) is 0 Å². The molecule has 31 heavy (non-hydrogen) atoms. The Hall–Kier alpha value is -2.22. The van der Waals surface area contributed by atoms with Crippen LogP contribution in [0, 0.1) is 23.7 Å². The number of hydrogen-bond donors (Lipinski definition) is 2. The SMILES string of the molecule is O=C(Nc1c[nH]c2ccc(OCC[C@@H]3CC4CN(CC(F)(F)F)C[C@@H]4C3)cc12)C1CC1. The number of aromatic nitrogens is 1. The quantitative estimate of drug-likeness (QED) is 0.657. The standard InChI is InChI=1S/C23H28F3N3O2/c24-23(25,26)13-29-11-16-7-14(8-17(16)12-29)5-6-31-18-3-4-20-19(9-18)21(10-27-20)28-22(30)15-1-2-15/h3-4,9-10,14-17,27H,1-2,5-8,11-13H2,(H,28,30)/t14-,16-,17?/m0/s1. The fraction of sp³-hybridized carbons (Fsp3) is 0.609. The third-order valence-electron chi connectivity index (χ3n) is 6.98. The van der Waals surface area contributed by atoms with Crippen molar-refractivity contribution in [2.24, 2.45) is 23.7 Å². The molecule has 1 aliphatic heterocycles. The van der Waals surface area contributed by atoms with E-state index in [0.717, 1.165) is 54.4 Å². The van der Waals surface area contributed by atoms with Crippen molar-refractivity contribution in [2.45, 2.75) is 38.3 Å². The molecular weight excluding hydrogens is 407 g/mol. The topological polar surface area (TPSA) is 57.4 Å². The van der Waals surface area contributed by atoms with Crippen LogP contribution in [0.1, 0.15) is 32.1 Å². The van der Waals surface area contributed by atoms with Crippen LogP contribution in [0.15, 0.2) is 24.4 Å². The van der Waals surface area contributed by atoms with Crippen molar-refractivity contribution in [1.29, 1.82) is 0 Å². The lowest BCUT2D eigenvalue weighted by atomic mass is 10.0. The van der Waals surface area contributed by atoms with E-state index in [4.69, 9.17) is 4.74 Å². The molecule has 168 valence electrons. The number of aromatic amines is 1. The summed E-state index contributed by atoms with van der Waals surface area (Å²) in [6, 6.07) is 5.82. The van der Waals surface area contributed by atoms with Gasteiger partial charge in [-0.3, -0.25) is 9.69 Å². The van der Waals surface area contributed by atoms with E-state index >= 15 is 0 Å². The molecule has 3 atom stereocenters. The van der Waals surface area contributed by atoms with Gasteiger partial charge in [0.05, 0.1) is 18.8 Å². The van der Waals surface area contributed by atoms with E-state index in [2.05, 4.69) is 10.3 Å². The van der Waals surface area contributed by atoms with E-state index in [9.17, 15) is 18.0 Å². The number of ether oxygens (including phenoxy) is 1. The maximum absolute atomic E-state index is 12.6. The number of amides is 1. The second kappa shape index (κ2) is 8.04. The van der Waals surface area contributed by atoms with E-state index in [1.165, 1.54) is 0 Å². The van der Waals surface area contributed by atoms with Crippen LogP contribution >= 0.6 is 0 Å². The number of nitrogens with one attached hydrogen (secondary N) is 2. The number of likely N-dealkylation sites (tertiary alicyclic amines) is 1. The average molecular weight is 435 g/mol. The first-order chi connectivity index (χ1) is 14.8. The molecule has 5 rings (SSSR count). The van der Waals surface area contributed by atoms with Crippen LogP contribution in [0.2, 0.25) is 0 Å². The lowest BCUT2D eigenvalue weighted by molar-refractivity contribution is -0.144. The van der Waals surface area contributed by atoms with Gasteiger partial charge >= 0.3 is 6.18 Å². The number of hydrogen-bond acceptors (Lipinski definition) is 3. The smallest absolute Gasteiger partial charge is 0.401 e. The number of H-pyrrole nitrogens is 1. The lowest BCUT2D eigenvalue weighted by Gasteiger charge is -2.20. The third-order valence-corrected chi connectivity index (χ3v) is 6.98. The first-order valence-corrected chi connectivity index (χ1v) is 11.2. The molecule has 3 aliphatic rings. The molecule has 1 aromatic carbocycles. The van der Waals surface area contributed by atoms with Crippen LogP contribution in [0.5, 0.6) is 5.75 Å². The van der Waals surface area contributed by atoms with Crippen molar-refractivity contribution in [3.63, 3.8) is 0 Å². The highest BCUT2D eigenvalue weighted by Crippen LogP contribution is 2.43. The van der Waals surface area contributed by atoms with Crippen LogP contribution in [-0.2, 0) is 4.79 Å². The third kappa shape index (κ3) is 4.84. The van der Waals surface area contributed by atoms with E-state index in [1.807, 2.05) is 24.4 Å². The first kappa shape index (κ1) is 20.7. The minimum atomic E-state index is -4.10. The van der Waals surface area contributed by atoms with Gasteiger partial charge in [-0.1, -0.05) is 0 Å². The fourth-order valence-corrected chi connectivity index (χ4v) is 5.36. The maximum atomic E-state index is 12.6. The van der Waals surface area contributed by atoms with Gasteiger partial charge in [-0.05, 0) is 68.1 Å². The summed E-state index contributed by atoms with van der Waals surface area (Å²) in [5.74, 6) is 2.29. The highest BCUT2D eigenvalue weighted by atomic mass is 19.4. The van der Waals surface area contributed by atoms with Crippen molar-refractivity contribution in [3.8, 4) is 5.75 Å². The Morgan fingerprint density at radius 3 is 2.61 bits per heavy atom. The van der Waals surface area contributed by atoms with Gasteiger partial charge in [0, 0.05) is 36.1 Å². The molecule has 2 aliphatic carbocycles. The van der Waals surface area contributed by atoms with Crippen LogP contribution < -0.4 is 10.1 Å². The Morgan fingerprint density at radius 2 is 1.94 bits per heavy atom. The summed E-state index contributed by atoms with van der Waals surface area (Å²) in [5.41, 5.74) is 1.73. The summed E-state index contributed by atoms with van der Waals surface area (Å²) in [7, 11) is 0. The van der Waals surface area contributed by atoms with Crippen molar-refractivity contribution in [1.82, 2.24) is 9.88 Å². The molecule has 1 saturated heterocycles. The minimum Gasteiger partial charge on any atom is -0.494 e. The number of nitrogens with zero attached hydrogens (tertiary/aromatic N) is 1. The number of benzene rings is 1. The molecule has 8 heteroatoms. The summed E-state index contributed by atoms with van der Waals surface area (Å²) in [5, 5.41) is 3.93. The van der Waals surface area contributed by atoms with Gasteiger partial charge in [0.15, 0.2) is 0 Å². The molecule has 1 amide bonds. The van der Waals surface area contributed by atoms with Crippen molar-refractivity contribution in [3.05, 3.63) is 24.4 Å². The van der Waals surface area contributed by atoms with Crippen LogP contribution in [0.4, 0.5) is 18.9 Å². The molecule has 0 bridgehead atoms. The summed E-state index contributed by atoms with van der Waals surface area (Å²) in [6.45, 7) is 0.955. The van der Waals surface area contributed by atoms with E-state index in [0.29, 0.717) is 37.5 Å². The highest BCUT2D eigenvalue weighted by molar-refractivity contribution is 6.03. The molecule has 2 aromatic rings. The molecule has 2 saturated carbocycles. The predicted molar refractivity (Wildman–Crippen MR) is 112 cm³/mol. The molecule has 1 unspecified atom stereocenters. The number of carbonyl (C=O) groups is 1. The van der Waals surface area contributed by atoms with Crippen LogP contribution in [0.25, 0.3) is 10.9 Å². The van der Waals surface area contributed by atoms with E-state index in [-0.39, 0.29) is 11.8 Å². The molecule has 0 radical (unpaired) electrons. The first-order valence-electron chi connectivity index (χ1n) is 11.2. The molecule has 2 N–H and O–H groups in total. The van der Waals surface area contributed by atoms with Gasteiger partial charge in [0.25, 0.3) is 0 Å². The van der Waals surface area contributed by atoms with Gasteiger partial charge in [-0.25, -0.2) is 0 Å². The predicted octanol–water partition coefficient (Wildman–Crippen LogP) is 4.81. The largest absolute Gasteiger partial charge is 0.494 e. The van der Waals surface area contributed by atoms with Gasteiger partial charge in [-0.15, -0.1) is 0 Å². The Bertz CT molecular complexity index is 939. The number of carbonyl (C=O) groups excluding carboxylic acids is 1. The van der Waals surface area contributed by atoms with Gasteiger partial charge in [-0.2, -0.15) is 13.2 Å². The Balaban J connectivity index is 1.11. The lowest BCUT2D eigenvalue weighted by Crippen LogP contribution is -2.33. The van der Waals surface area contributed by atoms with Crippen LogP contribution in [-0.4, -0.2) is 48.2 Å². The van der Waals surface area contributed by atoms with Crippen molar-refractivity contribution >= 4 is 22.5 Å². The number of rotatable bonds is 7. The number of anilines is 1. The maximum Gasteiger partial charge on any atom is 0.401 e. The molecule has 2 heterocycles. The minimum absolute atomic E-state index is 0.0767. The molecule has 3 fully saturated rings. The summed E-state index contributed by atoms with van der Waals surface area (Å²) in [4.78, 5) is 16.8. The Kier molecular flexibility index (Phi) is 5.36. The number of alkyl halides is 3. The second-order valence-corrected chi connectivity index (χ2v) is 9.48. The van der Waals surface area contributed by atoms with E-state index in [1.54, 1.807) is 4.90 Å². The van der Waals surface area contributed by atoms with Gasteiger partial charge in [0.2, 0.25) is 5.91 Å². The second-order valence-electron chi connectivity index (χ2n) is 9.48. The summed E-state index contributed by atoms with van der Waals surface area (Å²) < 4.78 is 43.8. The average Bonchev–Trinajstić information content (AvgIpc) is 3.25. The number of fused-ring (bicyclic) bond motifs is 2. The summed E-state index contributed by atoms with van der Waals surface area (Å²) >= 11 is 0. The Morgan fingerprint density at radius 1 is 1.19 bits per heavy atom. The molecule has 5 nitrogen and oxygen atoms in total. The molecular formula is C23H28F3N3O2. The Labute approximate surface area is 179 Å². The highest BCUT2D eigenvalue weighted by Gasteiger charge is 2.43. The van der Waals surface area contributed by atoms with Gasteiger partial charge in [0.1, 0.15) is 5.75 Å². The zero-order valence-corrected chi connectivity index (χ0v) is 17.4. The normalized spacial score (nSPS) is 26.4. The molecule has 1 aromatic heterocycles. The number of halogens is 3. The van der Waals surface area contributed by atoms with Gasteiger partial charge < -0.3 is 15.0 Å². The van der Waals surface area contributed by atoms with E-state index < -0.39 is 12.7 Å². The zero-order chi connectivity index (χ0) is 21.6. The monoisotopic (exact) mass is 435 g/mol. The fourth-order valence-electron chi connectivity index (χ4n) is 5.36. The zero-order valence-electron chi connectivity index (χ0n) is 17.4.